The summed E-state index contributed by atoms with van der Waals surface area (Å²) < 4.78 is 4.99. The number of methoxy groups -OCH3 is 1. The van der Waals surface area contributed by atoms with Crippen molar-refractivity contribution in [1.82, 2.24) is 5.43 Å². The van der Waals surface area contributed by atoms with Crippen LogP contribution in [-0.2, 0) is 0 Å². The standard InChI is InChI=1S/C16H15ClN2O3/c1-10-3-5-12(8-13(10)17)16(21)19-18-9-11-4-6-14(20)15(7-11)22-2/h3-9,20H,1-2H3,(H,19,21)/b18-9-. The molecule has 2 rings (SSSR count). The Morgan fingerprint density at radius 1 is 1.32 bits per heavy atom. The Balaban J connectivity index is 2.05. The van der Waals surface area contributed by atoms with Crippen LogP contribution in [0.15, 0.2) is 41.5 Å². The van der Waals surface area contributed by atoms with Crippen LogP contribution in [0.3, 0.4) is 0 Å². The van der Waals surface area contributed by atoms with Crippen molar-refractivity contribution in [3.63, 3.8) is 0 Å². The molecule has 114 valence electrons. The second kappa shape index (κ2) is 6.95. The molecular weight excluding hydrogens is 304 g/mol. The van der Waals surface area contributed by atoms with Crippen molar-refractivity contribution in [3.05, 3.63) is 58.1 Å². The largest absolute Gasteiger partial charge is 0.504 e. The van der Waals surface area contributed by atoms with Gasteiger partial charge in [-0.05, 0) is 48.4 Å². The van der Waals surface area contributed by atoms with E-state index in [9.17, 15) is 9.90 Å². The molecule has 0 aliphatic heterocycles. The minimum atomic E-state index is -0.358. The van der Waals surface area contributed by atoms with Crippen LogP contribution in [0.5, 0.6) is 11.5 Å². The van der Waals surface area contributed by atoms with Gasteiger partial charge in [-0.2, -0.15) is 5.10 Å². The third-order valence-corrected chi connectivity index (χ3v) is 3.42. The van der Waals surface area contributed by atoms with Gasteiger partial charge in [0.15, 0.2) is 11.5 Å². The van der Waals surface area contributed by atoms with E-state index in [1.165, 1.54) is 19.4 Å². The highest BCUT2D eigenvalue weighted by molar-refractivity contribution is 6.31. The van der Waals surface area contributed by atoms with Crippen LogP contribution in [0.2, 0.25) is 5.02 Å². The summed E-state index contributed by atoms with van der Waals surface area (Å²) in [4.78, 5) is 11.9. The zero-order valence-electron chi connectivity index (χ0n) is 12.1. The number of hydrogen-bond acceptors (Lipinski definition) is 4. The molecule has 0 aliphatic rings. The second-order valence-corrected chi connectivity index (χ2v) is 5.00. The Kier molecular flexibility index (Phi) is 5.01. The minimum Gasteiger partial charge on any atom is -0.504 e. The Labute approximate surface area is 133 Å². The van der Waals surface area contributed by atoms with Crippen molar-refractivity contribution in [2.75, 3.05) is 7.11 Å². The molecule has 0 aromatic heterocycles. The number of aromatic hydroxyl groups is 1. The van der Waals surface area contributed by atoms with E-state index in [0.717, 1.165) is 5.56 Å². The van der Waals surface area contributed by atoms with Crippen molar-refractivity contribution >= 4 is 23.7 Å². The highest BCUT2D eigenvalue weighted by Crippen LogP contribution is 2.25. The van der Waals surface area contributed by atoms with Gasteiger partial charge in [0.25, 0.3) is 5.91 Å². The molecule has 0 heterocycles. The number of phenols is 1. The maximum Gasteiger partial charge on any atom is 0.271 e. The Morgan fingerprint density at radius 2 is 2.09 bits per heavy atom. The lowest BCUT2D eigenvalue weighted by molar-refractivity contribution is 0.0955. The molecule has 0 atom stereocenters. The molecule has 0 bridgehead atoms. The third-order valence-electron chi connectivity index (χ3n) is 3.02. The lowest BCUT2D eigenvalue weighted by atomic mass is 10.1. The molecular formula is C16H15ClN2O3. The quantitative estimate of drug-likeness (QED) is 0.672. The van der Waals surface area contributed by atoms with E-state index in [1.807, 2.05) is 6.92 Å². The van der Waals surface area contributed by atoms with Gasteiger partial charge in [0.2, 0.25) is 0 Å². The van der Waals surface area contributed by atoms with Gasteiger partial charge in [-0.15, -0.1) is 0 Å². The Bertz CT molecular complexity index is 729. The number of halogens is 1. The number of nitrogens with zero attached hydrogens (tertiary/aromatic N) is 1. The average molecular weight is 319 g/mol. The highest BCUT2D eigenvalue weighted by Gasteiger charge is 2.06. The summed E-state index contributed by atoms with van der Waals surface area (Å²) in [6.45, 7) is 1.86. The minimum absolute atomic E-state index is 0.0398. The number of carbonyl (C=O) groups excluding carboxylic acids is 1. The van der Waals surface area contributed by atoms with Crippen molar-refractivity contribution < 1.29 is 14.6 Å². The van der Waals surface area contributed by atoms with Crippen LogP contribution >= 0.6 is 11.6 Å². The van der Waals surface area contributed by atoms with Crippen LogP contribution in [-0.4, -0.2) is 24.3 Å². The number of amides is 1. The molecule has 0 saturated carbocycles. The number of phenolic OH excluding ortho intramolecular Hbond substituents is 1. The number of hydrogen-bond donors (Lipinski definition) is 2. The molecule has 2 N–H and O–H groups in total. The Hall–Kier alpha value is -2.53. The summed E-state index contributed by atoms with van der Waals surface area (Å²) in [5.74, 6) is 0.0162. The number of carbonyl (C=O) groups is 1. The lowest BCUT2D eigenvalue weighted by Crippen LogP contribution is -2.17. The molecule has 1 amide bonds. The van der Waals surface area contributed by atoms with Crippen molar-refractivity contribution in [1.29, 1.82) is 0 Å². The first kappa shape index (κ1) is 15.9. The van der Waals surface area contributed by atoms with E-state index in [2.05, 4.69) is 10.5 Å². The van der Waals surface area contributed by atoms with Crippen molar-refractivity contribution in [3.8, 4) is 11.5 Å². The molecule has 2 aromatic rings. The smallest absolute Gasteiger partial charge is 0.271 e. The van der Waals surface area contributed by atoms with Crippen LogP contribution in [0.1, 0.15) is 21.5 Å². The van der Waals surface area contributed by atoms with Crippen molar-refractivity contribution in [2.24, 2.45) is 5.10 Å². The second-order valence-electron chi connectivity index (χ2n) is 4.59. The van der Waals surface area contributed by atoms with Gasteiger partial charge in [0.1, 0.15) is 0 Å². The number of rotatable bonds is 4. The van der Waals surface area contributed by atoms with E-state index in [-0.39, 0.29) is 11.7 Å². The zero-order chi connectivity index (χ0) is 16.1. The molecule has 22 heavy (non-hydrogen) atoms. The topological polar surface area (TPSA) is 70.9 Å². The summed E-state index contributed by atoms with van der Waals surface area (Å²) in [6.07, 6.45) is 1.45. The lowest BCUT2D eigenvalue weighted by Gasteiger charge is -2.04. The van der Waals surface area contributed by atoms with Gasteiger partial charge in [0, 0.05) is 10.6 Å². The van der Waals surface area contributed by atoms with Gasteiger partial charge in [0.05, 0.1) is 13.3 Å². The maximum absolute atomic E-state index is 11.9. The van der Waals surface area contributed by atoms with Gasteiger partial charge in [-0.3, -0.25) is 4.79 Å². The third kappa shape index (κ3) is 3.77. The first-order valence-corrected chi connectivity index (χ1v) is 6.85. The molecule has 0 aliphatic carbocycles. The molecule has 5 nitrogen and oxygen atoms in total. The summed E-state index contributed by atoms with van der Waals surface area (Å²) >= 11 is 5.98. The van der Waals surface area contributed by atoms with Gasteiger partial charge >= 0.3 is 0 Å². The molecule has 0 unspecified atom stereocenters. The van der Waals surface area contributed by atoms with Gasteiger partial charge in [-0.1, -0.05) is 17.7 Å². The van der Waals surface area contributed by atoms with Crippen LogP contribution in [0.25, 0.3) is 0 Å². The monoisotopic (exact) mass is 318 g/mol. The number of benzene rings is 2. The summed E-state index contributed by atoms with van der Waals surface area (Å²) in [5.41, 5.74) is 4.42. The fraction of sp³-hybridized carbons (Fsp3) is 0.125. The predicted molar refractivity (Wildman–Crippen MR) is 85.9 cm³/mol. The molecule has 0 spiro atoms. The average Bonchev–Trinajstić information content (AvgIpc) is 2.51. The van der Waals surface area contributed by atoms with Crippen LogP contribution in [0.4, 0.5) is 0 Å². The first-order valence-electron chi connectivity index (χ1n) is 6.48. The van der Waals surface area contributed by atoms with Gasteiger partial charge < -0.3 is 9.84 Å². The maximum atomic E-state index is 11.9. The van der Waals surface area contributed by atoms with Gasteiger partial charge in [-0.25, -0.2) is 5.43 Å². The van der Waals surface area contributed by atoms with Crippen LogP contribution < -0.4 is 10.2 Å². The van der Waals surface area contributed by atoms with Crippen LogP contribution in [0, 0.1) is 6.92 Å². The Morgan fingerprint density at radius 3 is 2.77 bits per heavy atom. The summed E-state index contributed by atoms with van der Waals surface area (Å²) in [6, 6.07) is 9.78. The molecule has 2 aromatic carbocycles. The predicted octanol–water partition coefficient (Wildman–Crippen LogP) is 3.13. The van der Waals surface area contributed by atoms with E-state index in [4.69, 9.17) is 16.3 Å². The van der Waals surface area contributed by atoms with E-state index < -0.39 is 0 Å². The number of aryl methyl sites for hydroxylation is 1. The molecule has 6 heteroatoms. The highest BCUT2D eigenvalue weighted by atomic mass is 35.5. The number of nitrogens with one attached hydrogen (secondary N) is 1. The fourth-order valence-electron chi connectivity index (χ4n) is 1.74. The zero-order valence-corrected chi connectivity index (χ0v) is 12.9. The molecule has 0 radical (unpaired) electrons. The molecule has 0 fully saturated rings. The van der Waals surface area contributed by atoms with E-state index in [0.29, 0.717) is 21.9 Å². The SMILES string of the molecule is COc1cc(/C=N\NC(=O)c2ccc(C)c(Cl)c2)ccc1O. The fourth-order valence-corrected chi connectivity index (χ4v) is 1.92. The number of hydrazone groups is 1. The number of ether oxygens (including phenoxy) is 1. The normalized spacial score (nSPS) is 10.7. The van der Waals surface area contributed by atoms with Crippen molar-refractivity contribution in [2.45, 2.75) is 6.92 Å². The van der Waals surface area contributed by atoms with E-state index >= 15 is 0 Å². The molecule has 0 saturated heterocycles. The van der Waals surface area contributed by atoms with E-state index in [1.54, 1.807) is 30.3 Å². The summed E-state index contributed by atoms with van der Waals surface area (Å²) in [5, 5.41) is 13.9. The summed E-state index contributed by atoms with van der Waals surface area (Å²) in [7, 11) is 1.46. The first-order chi connectivity index (χ1) is 10.5.